The number of para-hydroxylation sites is 1. The minimum atomic E-state index is -4.05. The quantitative estimate of drug-likeness (QED) is 0.511. The second-order valence-electron chi connectivity index (χ2n) is 6.80. The normalized spacial score (nSPS) is 11.0. The third kappa shape index (κ3) is 5.55. The van der Waals surface area contributed by atoms with Crippen molar-refractivity contribution in [3.8, 4) is 11.5 Å². The number of ether oxygens (including phenoxy) is 2. The number of hydrogen-bond acceptors (Lipinski definition) is 5. The van der Waals surface area contributed by atoms with Gasteiger partial charge < -0.3 is 14.8 Å². The molecule has 0 aliphatic heterocycles. The molecule has 1 amide bonds. The Morgan fingerprint density at radius 3 is 2.38 bits per heavy atom. The van der Waals surface area contributed by atoms with Crippen molar-refractivity contribution >= 4 is 21.6 Å². The highest BCUT2D eigenvalue weighted by Crippen LogP contribution is 2.30. The Bertz CT molecular complexity index is 1200. The summed E-state index contributed by atoms with van der Waals surface area (Å²) in [4.78, 5) is 12.6. The number of carbonyl (C=O) groups excluding carboxylic acids is 1. The van der Waals surface area contributed by atoms with E-state index in [9.17, 15) is 17.6 Å². The summed E-state index contributed by atoms with van der Waals surface area (Å²) in [5, 5.41) is 2.76. The maximum absolute atomic E-state index is 13.0. The number of rotatable bonds is 9. The van der Waals surface area contributed by atoms with Crippen molar-refractivity contribution in [2.45, 2.75) is 11.3 Å². The lowest BCUT2D eigenvalue weighted by atomic mass is 10.1. The van der Waals surface area contributed by atoms with E-state index in [4.69, 9.17) is 9.47 Å². The van der Waals surface area contributed by atoms with Crippen molar-refractivity contribution < 1.29 is 27.1 Å². The smallest absolute Gasteiger partial charge is 0.265 e. The molecular formula is C23H23FN2O5S. The fraction of sp³-hybridized carbons (Fsp3) is 0.174. The summed E-state index contributed by atoms with van der Waals surface area (Å²) in [5.41, 5.74) is 1.17. The van der Waals surface area contributed by atoms with E-state index >= 15 is 0 Å². The first-order valence-corrected chi connectivity index (χ1v) is 11.2. The number of benzene rings is 3. The summed E-state index contributed by atoms with van der Waals surface area (Å²) in [6, 6.07) is 16.6. The summed E-state index contributed by atoms with van der Waals surface area (Å²) in [6.07, 6.45) is 0.503. The number of methoxy groups -OCH3 is 2. The van der Waals surface area contributed by atoms with Crippen LogP contribution in [0.2, 0.25) is 0 Å². The topological polar surface area (TPSA) is 93.7 Å². The fourth-order valence-corrected chi connectivity index (χ4v) is 4.27. The van der Waals surface area contributed by atoms with Gasteiger partial charge in [0.2, 0.25) is 0 Å². The van der Waals surface area contributed by atoms with Crippen molar-refractivity contribution in [1.29, 1.82) is 0 Å². The van der Waals surface area contributed by atoms with Gasteiger partial charge in [0.25, 0.3) is 15.9 Å². The van der Waals surface area contributed by atoms with Crippen molar-refractivity contribution in [2.24, 2.45) is 0 Å². The van der Waals surface area contributed by atoms with E-state index < -0.39 is 15.9 Å². The zero-order valence-electron chi connectivity index (χ0n) is 17.6. The van der Waals surface area contributed by atoms with Crippen molar-refractivity contribution in [2.75, 3.05) is 25.5 Å². The Morgan fingerprint density at radius 2 is 1.69 bits per heavy atom. The first kappa shape index (κ1) is 23.1. The molecule has 3 aromatic carbocycles. The summed E-state index contributed by atoms with van der Waals surface area (Å²) in [5.74, 6) is -0.209. The van der Waals surface area contributed by atoms with E-state index in [0.717, 1.165) is 5.56 Å². The van der Waals surface area contributed by atoms with Crippen LogP contribution in [-0.2, 0) is 16.4 Å². The highest BCUT2D eigenvalue weighted by molar-refractivity contribution is 7.92. The highest BCUT2D eigenvalue weighted by atomic mass is 32.2. The number of nitrogens with one attached hydrogen (secondary N) is 2. The van der Waals surface area contributed by atoms with Gasteiger partial charge in [0, 0.05) is 12.6 Å². The highest BCUT2D eigenvalue weighted by Gasteiger charge is 2.22. The molecule has 3 rings (SSSR count). The molecule has 0 aliphatic carbocycles. The molecule has 7 nitrogen and oxygen atoms in total. The molecule has 0 radical (unpaired) electrons. The zero-order chi connectivity index (χ0) is 23.1. The van der Waals surface area contributed by atoms with Gasteiger partial charge in [-0.05, 0) is 48.4 Å². The Kier molecular flexibility index (Phi) is 7.32. The van der Waals surface area contributed by atoms with Gasteiger partial charge in [-0.25, -0.2) is 12.8 Å². The zero-order valence-corrected chi connectivity index (χ0v) is 18.4. The summed E-state index contributed by atoms with van der Waals surface area (Å²) >= 11 is 0. The molecule has 0 unspecified atom stereocenters. The number of amides is 1. The van der Waals surface area contributed by atoms with Gasteiger partial charge in [-0.15, -0.1) is 0 Å². The van der Waals surface area contributed by atoms with Crippen LogP contribution in [0, 0.1) is 5.82 Å². The second kappa shape index (κ2) is 10.1. The molecule has 0 saturated carbocycles. The number of carbonyl (C=O) groups is 1. The van der Waals surface area contributed by atoms with Crippen LogP contribution < -0.4 is 19.5 Å². The van der Waals surface area contributed by atoms with Crippen molar-refractivity contribution in [1.82, 2.24) is 5.32 Å². The standard InChI is InChI=1S/C23H23FN2O5S/c1-30-18-11-12-22(21(15-18)31-2)32(28,29)26-20-6-4-3-5-19(20)23(27)25-14-13-16-7-9-17(24)10-8-16/h3-12,15,26H,13-14H2,1-2H3,(H,25,27). The average Bonchev–Trinajstić information content (AvgIpc) is 2.79. The number of hydrogen-bond donors (Lipinski definition) is 2. The Hall–Kier alpha value is -3.59. The Balaban J connectivity index is 1.75. The lowest BCUT2D eigenvalue weighted by Gasteiger charge is -2.15. The molecule has 0 saturated heterocycles. The predicted octanol–water partition coefficient (Wildman–Crippen LogP) is 3.62. The molecule has 32 heavy (non-hydrogen) atoms. The molecule has 0 aromatic heterocycles. The number of halogens is 1. The number of anilines is 1. The van der Waals surface area contributed by atoms with Crippen LogP contribution >= 0.6 is 0 Å². The van der Waals surface area contributed by atoms with E-state index in [2.05, 4.69) is 10.0 Å². The minimum Gasteiger partial charge on any atom is -0.497 e. The summed E-state index contributed by atoms with van der Waals surface area (Å²) in [7, 11) is -1.23. The molecule has 0 spiro atoms. The molecule has 0 heterocycles. The summed E-state index contributed by atoms with van der Waals surface area (Å²) < 4.78 is 51.7. The first-order chi connectivity index (χ1) is 15.3. The molecule has 2 N–H and O–H groups in total. The number of sulfonamides is 1. The third-order valence-electron chi connectivity index (χ3n) is 4.69. The van der Waals surface area contributed by atoms with Crippen LogP contribution in [-0.4, -0.2) is 35.1 Å². The predicted molar refractivity (Wildman–Crippen MR) is 119 cm³/mol. The maximum Gasteiger partial charge on any atom is 0.265 e. The van der Waals surface area contributed by atoms with Crippen LogP contribution in [0.25, 0.3) is 0 Å². The van der Waals surface area contributed by atoms with Gasteiger partial charge in [-0.2, -0.15) is 0 Å². The van der Waals surface area contributed by atoms with Gasteiger partial charge in [-0.1, -0.05) is 24.3 Å². The maximum atomic E-state index is 13.0. The molecule has 3 aromatic rings. The molecule has 168 valence electrons. The molecule has 0 aliphatic rings. The van der Waals surface area contributed by atoms with Crippen LogP contribution in [0.15, 0.2) is 71.6 Å². The minimum absolute atomic E-state index is 0.0904. The lowest BCUT2D eigenvalue weighted by Crippen LogP contribution is -2.27. The van der Waals surface area contributed by atoms with Gasteiger partial charge in [-0.3, -0.25) is 9.52 Å². The monoisotopic (exact) mass is 458 g/mol. The van der Waals surface area contributed by atoms with Crippen LogP contribution in [0.1, 0.15) is 15.9 Å². The van der Waals surface area contributed by atoms with E-state index in [1.165, 1.54) is 56.7 Å². The molecule has 0 fully saturated rings. The average molecular weight is 459 g/mol. The van der Waals surface area contributed by atoms with E-state index in [1.54, 1.807) is 24.3 Å². The SMILES string of the molecule is COc1ccc(S(=O)(=O)Nc2ccccc2C(=O)NCCc2ccc(F)cc2)c(OC)c1. The van der Waals surface area contributed by atoms with Crippen molar-refractivity contribution in [3.05, 3.63) is 83.7 Å². The van der Waals surface area contributed by atoms with E-state index in [1.807, 2.05) is 0 Å². The molecular weight excluding hydrogens is 435 g/mol. The molecule has 0 atom stereocenters. The fourth-order valence-electron chi connectivity index (χ4n) is 3.03. The summed E-state index contributed by atoms with van der Waals surface area (Å²) in [6.45, 7) is 0.303. The van der Waals surface area contributed by atoms with E-state index in [-0.39, 0.29) is 27.7 Å². The molecule has 0 bridgehead atoms. The lowest BCUT2D eigenvalue weighted by molar-refractivity contribution is 0.0955. The van der Waals surface area contributed by atoms with Gasteiger partial charge in [0.05, 0.1) is 25.5 Å². The van der Waals surface area contributed by atoms with Gasteiger partial charge in [0.1, 0.15) is 22.2 Å². The largest absolute Gasteiger partial charge is 0.497 e. The third-order valence-corrected chi connectivity index (χ3v) is 6.09. The van der Waals surface area contributed by atoms with Crippen LogP contribution in [0.3, 0.4) is 0 Å². The Morgan fingerprint density at radius 1 is 0.969 bits per heavy atom. The van der Waals surface area contributed by atoms with Crippen LogP contribution in [0.5, 0.6) is 11.5 Å². The first-order valence-electron chi connectivity index (χ1n) is 9.70. The second-order valence-corrected chi connectivity index (χ2v) is 8.45. The van der Waals surface area contributed by atoms with Gasteiger partial charge in [0.15, 0.2) is 0 Å². The van der Waals surface area contributed by atoms with Crippen LogP contribution in [0.4, 0.5) is 10.1 Å². The van der Waals surface area contributed by atoms with E-state index in [0.29, 0.717) is 18.7 Å². The Labute approximate surface area is 186 Å². The molecule has 9 heteroatoms. The van der Waals surface area contributed by atoms with Crippen molar-refractivity contribution in [3.63, 3.8) is 0 Å². The van der Waals surface area contributed by atoms with Gasteiger partial charge >= 0.3 is 0 Å².